The third-order valence-electron chi connectivity index (χ3n) is 5.17. The third kappa shape index (κ3) is 4.74. The van der Waals surface area contributed by atoms with Gasteiger partial charge in [0.1, 0.15) is 0 Å². The van der Waals surface area contributed by atoms with E-state index in [-0.39, 0.29) is 23.4 Å². The van der Waals surface area contributed by atoms with Gasteiger partial charge in [0.25, 0.3) is 0 Å². The average Bonchev–Trinajstić information content (AvgIpc) is 2.71. The number of benzene rings is 2. The van der Waals surface area contributed by atoms with Gasteiger partial charge in [-0.2, -0.15) is 4.31 Å². The molecule has 1 saturated carbocycles. The van der Waals surface area contributed by atoms with Crippen LogP contribution in [0.5, 0.6) is 0 Å². The first kappa shape index (κ1) is 20.8. The van der Waals surface area contributed by atoms with Gasteiger partial charge in [0.2, 0.25) is 15.9 Å². The Morgan fingerprint density at radius 1 is 1.07 bits per heavy atom. The molecular formula is C21H25ClN2O3S. The van der Waals surface area contributed by atoms with Crippen molar-refractivity contribution in [3.05, 3.63) is 59.1 Å². The molecule has 28 heavy (non-hydrogen) atoms. The molecule has 1 aliphatic carbocycles. The Labute approximate surface area is 171 Å². The van der Waals surface area contributed by atoms with E-state index in [4.69, 9.17) is 11.6 Å². The molecule has 7 heteroatoms. The highest BCUT2D eigenvalue weighted by Crippen LogP contribution is 2.28. The summed E-state index contributed by atoms with van der Waals surface area (Å²) in [6.07, 6.45) is 4.59. The monoisotopic (exact) mass is 420 g/mol. The SMILES string of the molecule is Cc1c(Cl)cccc1NC(=O)CN(C1CCCCC1)S(=O)(=O)c1ccccc1. The molecule has 150 valence electrons. The van der Waals surface area contributed by atoms with Crippen molar-refractivity contribution in [1.29, 1.82) is 0 Å². The van der Waals surface area contributed by atoms with Crippen LogP contribution in [-0.4, -0.2) is 31.2 Å². The smallest absolute Gasteiger partial charge is 0.243 e. The first-order chi connectivity index (χ1) is 13.4. The molecule has 0 unspecified atom stereocenters. The number of nitrogens with one attached hydrogen (secondary N) is 1. The van der Waals surface area contributed by atoms with E-state index in [0.29, 0.717) is 10.7 Å². The van der Waals surface area contributed by atoms with E-state index in [1.54, 1.807) is 48.5 Å². The first-order valence-corrected chi connectivity index (χ1v) is 11.3. The minimum Gasteiger partial charge on any atom is -0.325 e. The van der Waals surface area contributed by atoms with Gasteiger partial charge in [-0.3, -0.25) is 4.79 Å². The Balaban J connectivity index is 1.85. The van der Waals surface area contributed by atoms with Crippen molar-refractivity contribution in [3.8, 4) is 0 Å². The normalized spacial score (nSPS) is 15.5. The molecule has 2 aromatic rings. The number of anilines is 1. The number of carbonyl (C=O) groups is 1. The topological polar surface area (TPSA) is 66.5 Å². The molecule has 0 heterocycles. The highest BCUT2D eigenvalue weighted by molar-refractivity contribution is 7.89. The number of amides is 1. The van der Waals surface area contributed by atoms with Crippen LogP contribution in [0.25, 0.3) is 0 Å². The van der Waals surface area contributed by atoms with Crippen LogP contribution in [0, 0.1) is 6.92 Å². The molecule has 3 rings (SSSR count). The Morgan fingerprint density at radius 2 is 1.75 bits per heavy atom. The molecule has 0 bridgehead atoms. The van der Waals surface area contributed by atoms with Crippen molar-refractivity contribution >= 4 is 33.2 Å². The molecule has 2 aromatic carbocycles. The highest BCUT2D eigenvalue weighted by atomic mass is 35.5. The number of halogens is 1. The maximum Gasteiger partial charge on any atom is 0.243 e. The fourth-order valence-electron chi connectivity index (χ4n) is 3.58. The van der Waals surface area contributed by atoms with Crippen LogP contribution < -0.4 is 5.32 Å². The lowest BCUT2D eigenvalue weighted by Crippen LogP contribution is -2.45. The molecule has 0 radical (unpaired) electrons. The van der Waals surface area contributed by atoms with Crippen LogP contribution in [0.15, 0.2) is 53.4 Å². The van der Waals surface area contributed by atoms with Crippen LogP contribution >= 0.6 is 11.6 Å². The van der Waals surface area contributed by atoms with Gasteiger partial charge in [-0.05, 0) is 49.6 Å². The molecule has 0 spiro atoms. The molecule has 1 amide bonds. The molecule has 0 saturated heterocycles. The lowest BCUT2D eigenvalue weighted by molar-refractivity contribution is -0.116. The molecule has 5 nitrogen and oxygen atoms in total. The zero-order valence-corrected chi connectivity index (χ0v) is 17.5. The lowest BCUT2D eigenvalue weighted by atomic mass is 9.95. The van der Waals surface area contributed by atoms with Gasteiger partial charge in [-0.15, -0.1) is 0 Å². The van der Waals surface area contributed by atoms with Gasteiger partial charge in [0.15, 0.2) is 0 Å². The standard InChI is InChI=1S/C21H25ClN2O3S/c1-16-19(22)13-8-14-20(16)23-21(25)15-24(17-9-4-2-5-10-17)28(26,27)18-11-6-3-7-12-18/h3,6-8,11-14,17H,2,4-5,9-10,15H2,1H3,(H,23,25). The van der Waals surface area contributed by atoms with E-state index in [1.165, 1.54) is 4.31 Å². The Hall–Kier alpha value is -1.89. The van der Waals surface area contributed by atoms with Crippen molar-refractivity contribution in [2.24, 2.45) is 0 Å². The minimum atomic E-state index is -3.76. The Morgan fingerprint density at radius 3 is 2.43 bits per heavy atom. The maximum absolute atomic E-state index is 13.3. The van der Waals surface area contributed by atoms with Gasteiger partial charge in [-0.25, -0.2) is 8.42 Å². The van der Waals surface area contributed by atoms with Crippen molar-refractivity contribution < 1.29 is 13.2 Å². The molecule has 1 fully saturated rings. The Kier molecular flexibility index (Phi) is 6.75. The van der Waals surface area contributed by atoms with Crippen LogP contribution in [-0.2, 0) is 14.8 Å². The summed E-state index contributed by atoms with van der Waals surface area (Å²) < 4.78 is 27.9. The Bertz CT molecular complexity index is 926. The maximum atomic E-state index is 13.3. The number of carbonyl (C=O) groups excluding carboxylic acids is 1. The summed E-state index contributed by atoms with van der Waals surface area (Å²) in [5, 5.41) is 3.37. The second-order valence-corrected chi connectivity index (χ2v) is 9.41. The van der Waals surface area contributed by atoms with Crippen molar-refractivity contribution in [1.82, 2.24) is 4.31 Å². The van der Waals surface area contributed by atoms with Crippen molar-refractivity contribution in [3.63, 3.8) is 0 Å². The number of rotatable bonds is 6. The number of hydrogen-bond acceptors (Lipinski definition) is 3. The minimum absolute atomic E-state index is 0.162. The third-order valence-corrected chi connectivity index (χ3v) is 7.50. The fourth-order valence-corrected chi connectivity index (χ4v) is 5.42. The van der Waals surface area contributed by atoms with E-state index in [2.05, 4.69) is 5.32 Å². The van der Waals surface area contributed by atoms with Crippen LogP contribution in [0.4, 0.5) is 5.69 Å². The number of hydrogen-bond donors (Lipinski definition) is 1. The highest BCUT2D eigenvalue weighted by Gasteiger charge is 2.33. The number of sulfonamides is 1. The summed E-state index contributed by atoms with van der Waals surface area (Å²) in [4.78, 5) is 13.0. The zero-order chi connectivity index (χ0) is 20.1. The quantitative estimate of drug-likeness (QED) is 0.741. The predicted molar refractivity (Wildman–Crippen MR) is 112 cm³/mol. The predicted octanol–water partition coefficient (Wildman–Crippen LogP) is 4.61. The molecule has 0 atom stereocenters. The van der Waals surface area contributed by atoms with E-state index in [9.17, 15) is 13.2 Å². The van der Waals surface area contributed by atoms with Gasteiger partial charge in [0.05, 0.1) is 11.4 Å². The van der Waals surface area contributed by atoms with Gasteiger partial charge < -0.3 is 5.32 Å². The van der Waals surface area contributed by atoms with Crippen LogP contribution in [0.2, 0.25) is 5.02 Å². The fraction of sp³-hybridized carbons (Fsp3) is 0.381. The van der Waals surface area contributed by atoms with Crippen LogP contribution in [0.3, 0.4) is 0 Å². The molecule has 0 aromatic heterocycles. The van der Waals surface area contributed by atoms with E-state index in [1.807, 2.05) is 6.92 Å². The van der Waals surface area contributed by atoms with E-state index in [0.717, 1.165) is 37.7 Å². The van der Waals surface area contributed by atoms with Gasteiger partial charge >= 0.3 is 0 Å². The second kappa shape index (κ2) is 9.07. The first-order valence-electron chi connectivity index (χ1n) is 9.51. The van der Waals surface area contributed by atoms with E-state index < -0.39 is 10.0 Å². The summed E-state index contributed by atoms with van der Waals surface area (Å²) in [5.74, 6) is -0.365. The lowest BCUT2D eigenvalue weighted by Gasteiger charge is -2.33. The average molecular weight is 421 g/mol. The zero-order valence-electron chi connectivity index (χ0n) is 15.9. The molecule has 1 N–H and O–H groups in total. The molecule has 1 aliphatic rings. The van der Waals surface area contributed by atoms with Crippen LogP contribution in [0.1, 0.15) is 37.7 Å². The van der Waals surface area contributed by atoms with Gasteiger partial charge in [0, 0.05) is 16.8 Å². The summed E-state index contributed by atoms with van der Waals surface area (Å²) in [5.41, 5.74) is 1.35. The molecular weight excluding hydrogens is 396 g/mol. The summed E-state index contributed by atoms with van der Waals surface area (Å²) in [6.45, 7) is 1.60. The summed E-state index contributed by atoms with van der Waals surface area (Å²) >= 11 is 6.12. The summed E-state index contributed by atoms with van der Waals surface area (Å²) in [6, 6.07) is 13.4. The second-order valence-electron chi connectivity index (χ2n) is 7.12. The van der Waals surface area contributed by atoms with Gasteiger partial charge in [-0.1, -0.05) is 55.1 Å². The van der Waals surface area contributed by atoms with E-state index >= 15 is 0 Å². The van der Waals surface area contributed by atoms with Crippen molar-refractivity contribution in [2.75, 3.05) is 11.9 Å². The molecule has 0 aliphatic heterocycles. The largest absolute Gasteiger partial charge is 0.325 e. The number of nitrogens with zero attached hydrogens (tertiary/aromatic N) is 1. The summed E-state index contributed by atoms with van der Waals surface area (Å²) in [7, 11) is -3.76. The van der Waals surface area contributed by atoms with Crippen molar-refractivity contribution in [2.45, 2.75) is 50.0 Å².